The van der Waals surface area contributed by atoms with E-state index >= 15 is 0 Å². The molecule has 0 saturated carbocycles. The summed E-state index contributed by atoms with van der Waals surface area (Å²) in [6, 6.07) is 0.142. The molecule has 1 aromatic heterocycles. The van der Waals surface area contributed by atoms with Gasteiger partial charge in [0.05, 0.1) is 12.7 Å². The average Bonchev–Trinajstić information content (AvgIpc) is 2.62. The quantitative estimate of drug-likeness (QED) is 0.637. The number of imidazole rings is 1. The Morgan fingerprint density at radius 1 is 1.73 bits per heavy atom. The maximum absolute atomic E-state index is 5.63. The molecule has 0 aliphatic carbocycles. The SMILES string of the molecule is C[C@H](N)CC#Cc1cnc2n1CCNC2. The van der Waals surface area contributed by atoms with Gasteiger partial charge in [-0.15, -0.1) is 0 Å². The molecule has 0 aromatic carbocycles. The van der Waals surface area contributed by atoms with Crippen LogP contribution in [-0.2, 0) is 13.1 Å². The first-order valence-corrected chi connectivity index (χ1v) is 5.27. The lowest BCUT2D eigenvalue weighted by atomic mass is 10.2. The zero-order valence-corrected chi connectivity index (χ0v) is 8.95. The van der Waals surface area contributed by atoms with E-state index < -0.39 is 0 Å². The van der Waals surface area contributed by atoms with Crippen LogP contribution in [0.2, 0.25) is 0 Å². The van der Waals surface area contributed by atoms with E-state index in [4.69, 9.17) is 5.73 Å². The minimum atomic E-state index is 0.142. The van der Waals surface area contributed by atoms with Crippen LogP contribution < -0.4 is 11.1 Å². The molecule has 80 valence electrons. The number of fused-ring (bicyclic) bond motifs is 1. The number of rotatable bonds is 1. The molecule has 2 heterocycles. The lowest BCUT2D eigenvalue weighted by molar-refractivity contribution is 0.503. The van der Waals surface area contributed by atoms with E-state index in [1.165, 1.54) is 0 Å². The molecule has 0 unspecified atom stereocenters. The molecule has 4 heteroatoms. The van der Waals surface area contributed by atoms with Gasteiger partial charge in [-0.05, 0) is 12.8 Å². The number of nitrogens with two attached hydrogens (primary N) is 1. The summed E-state index contributed by atoms with van der Waals surface area (Å²) in [7, 11) is 0. The van der Waals surface area contributed by atoms with Crippen molar-refractivity contribution in [2.45, 2.75) is 32.5 Å². The summed E-state index contributed by atoms with van der Waals surface area (Å²) in [5.41, 5.74) is 6.64. The Bertz CT molecular complexity index is 394. The van der Waals surface area contributed by atoms with Crippen LogP contribution >= 0.6 is 0 Å². The molecule has 0 radical (unpaired) electrons. The van der Waals surface area contributed by atoms with E-state index in [1.807, 2.05) is 13.1 Å². The van der Waals surface area contributed by atoms with Crippen LogP contribution in [0, 0.1) is 11.8 Å². The van der Waals surface area contributed by atoms with Gasteiger partial charge in [-0.25, -0.2) is 4.98 Å². The van der Waals surface area contributed by atoms with Crippen molar-refractivity contribution in [1.82, 2.24) is 14.9 Å². The minimum absolute atomic E-state index is 0.142. The fourth-order valence-corrected chi connectivity index (χ4v) is 1.60. The Balaban J connectivity index is 2.14. The molecule has 1 aliphatic rings. The normalized spacial score (nSPS) is 16.4. The monoisotopic (exact) mass is 204 g/mol. The van der Waals surface area contributed by atoms with Gasteiger partial charge in [-0.2, -0.15) is 0 Å². The zero-order chi connectivity index (χ0) is 10.7. The molecule has 0 amide bonds. The highest BCUT2D eigenvalue weighted by Crippen LogP contribution is 2.07. The van der Waals surface area contributed by atoms with E-state index in [-0.39, 0.29) is 6.04 Å². The fourth-order valence-electron chi connectivity index (χ4n) is 1.60. The second-order valence-corrected chi connectivity index (χ2v) is 3.87. The molecular formula is C11H16N4. The summed E-state index contributed by atoms with van der Waals surface area (Å²) in [5.74, 6) is 7.28. The molecule has 1 aromatic rings. The molecule has 0 bridgehead atoms. The molecule has 1 atom stereocenters. The van der Waals surface area contributed by atoms with Gasteiger partial charge in [-0.1, -0.05) is 5.92 Å². The molecule has 0 fully saturated rings. The van der Waals surface area contributed by atoms with Gasteiger partial charge < -0.3 is 15.6 Å². The fraction of sp³-hybridized carbons (Fsp3) is 0.545. The second kappa shape index (κ2) is 4.47. The van der Waals surface area contributed by atoms with Crippen LogP contribution in [-0.4, -0.2) is 22.1 Å². The van der Waals surface area contributed by atoms with Crippen molar-refractivity contribution in [3.05, 3.63) is 17.7 Å². The van der Waals surface area contributed by atoms with Gasteiger partial charge in [0.25, 0.3) is 0 Å². The Morgan fingerprint density at radius 3 is 3.40 bits per heavy atom. The first-order chi connectivity index (χ1) is 7.27. The third kappa shape index (κ3) is 2.38. The molecule has 15 heavy (non-hydrogen) atoms. The third-order valence-electron chi connectivity index (χ3n) is 2.37. The average molecular weight is 204 g/mol. The first-order valence-electron chi connectivity index (χ1n) is 5.27. The van der Waals surface area contributed by atoms with Crippen molar-refractivity contribution >= 4 is 0 Å². The standard InChI is InChI=1S/C11H16N4/c1-9(12)3-2-4-10-7-14-11-8-13-5-6-15(10)11/h7,9,13H,3,5-6,8,12H2,1H3/t9-/m0/s1. The summed E-state index contributed by atoms with van der Waals surface area (Å²) in [5, 5.41) is 3.28. The smallest absolute Gasteiger partial charge is 0.123 e. The topological polar surface area (TPSA) is 55.9 Å². The highest BCUT2D eigenvalue weighted by Gasteiger charge is 2.11. The van der Waals surface area contributed by atoms with Crippen molar-refractivity contribution in [3.63, 3.8) is 0 Å². The molecule has 1 aliphatic heterocycles. The van der Waals surface area contributed by atoms with Crippen molar-refractivity contribution in [2.75, 3.05) is 6.54 Å². The number of hydrogen-bond acceptors (Lipinski definition) is 3. The summed E-state index contributed by atoms with van der Waals surface area (Å²) >= 11 is 0. The third-order valence-corrected chi connectivity index (χ3v) is 2.37. The first kappa shape index (κ1) is 10.2. The van der Waals surface area contributed by atoms with Crippen molar-refractivity contribution in [1.29, 1.82) is 0 Å². The Morgan fingerprint density at radius 2 is 2.60 bits per heavy atom. The predicted octanol–water partition coefficient (Wildman–Crippen LogP) is 0.0751. The zero-order valence-electron chi connectivity index (χ0n) is 8.95. The van der Waals surface area contributed by atoms with Crippen LogP contribution in [0.1, 0.15) is 24.9 Å². The maximum Gasteiger partial charge on any atom is 0.123 e. The van der Waals surface area contributed by atoms with E-state index in [9.17, 15) is 0 Å². The lowest BCUT2D eigenvalue weighted by Crippen LogP contribution is -2.28. The van der Waals surface area contributed by atoms with Crippen LogP contribution in [0.4, 0.5) is 0 Å². The van der Waals surface area contributed by atoms with Gasteiger partial charge in [0.15, 0.2) is 0 Å². The predicted molar refractivity (Wildman–Crippen MR) is 59.1 cm³/mol. The van der Waals surface area contributed by atoms with Gasteiger partial charge in [0.1, 0.15) is 11.5 Å². The van der Waals surface area contributed by atoms with E-state index in [1.54, 1.807) is 0 Å². The van der Waals surface area contributed by atoms with E-state index in [0.717, 1.165) is 37.6 Å². The number of nitrogens with zero attached hydrogens (tertiary/aromatic N) is 2. The summed E-state index contributed by atoms with van der Waals surface area (Å²) in [6.07, 6.45) is 2.58. The lowest BCUT2D eigenvalue weighted by Gasteiger charge is -2.15. The van der Waals surface area contributed by atoms with E-state index in [0.29, 0.717) is 0 Å². The number of nitrogens with one attached hydrogen (secondary N) is 1. The minimum Gasteiger partial charge on any atom is -0.327 e. The van der Waals surface area contributed by atoms with Gasteiger partial charge >= 0.3 is 0 Å². The molecular weight excluding hydrogens is 188 g/mol. The van der Waals surface area contributed by atoms with Crippen LogP contribution in [0.5, 0.6) is 0 Å². The molecule has 2 rings (SSSR count). The van der Waals surface area contributed by atoms with Crippen LogP contribution in [0.15, 0.2) is 6.20 Å². The largest absolute Gasteiger partial charge is 0.327 e. The highest BCUT2D eigenvalue weighted by atomic mass is 15.1. The van der Waals surface area contributed by atoms with Crippen LogP contribution in [0.25, 0.3) is 0 Å². The summed E-state index contributed by atoms with van der Waals surface area (Å²) in [6.45, 7) is 4.75. The van der Waals surface area contributed by atoms with Crippen molar-refractivity contribution in [3.8, 4) is 11.8 Å². The summed E-state index contributed by atoms with van der Waals surface area (Å²) < 4.78 is 2.17. The molecule has 3 N–H and O–H groups in total. The molecule has 4 nitrogen and oxygen atoms in total. The highest BCUT2D eigenvalue weighted by molar-refractivity contribution is 5.28. The molecule has 0 saturated heterocycles. The number of hydrogen-bond donors (Lipinski definition) is 2. The molecule has 0 spiro atoms. The van der Waals surface area contributed by atoms with Gasteiger partial charge in [0.2, 0.25) is 0 Å². The second-order valence-electron chi connectivity index (χ2n) is 3.87. The van der Waals surface area contributed by atoms with Gasteiger partial charge in [-0.3, -0.25) is 0 Å². The maximum atomic E-state index is 5.63. The van der Waals surface area contributed by atoms with E-state index in [2.05, 4.69) is 26.7 Å². The van der Waals surface area contributed by atoms with Crippen molar-refractivity contribution < 1.29 is 0 Å². The van der Waals surface area contributed by atoms with Crippen LogP contribution in [0.3, 0.4) is 0 Å². The Kier molecular flexibility index (Phi) is 3.05. The Hall–Kier alpha value is -1.31. The van der Waals surface area contributed by atoms with Gasteiger partial charge in [0, 0.05) is 25.6 Å². The summed E-state index contributed by atoms with van der Waals surface area (Å²) in [4.78, 5) is 4.32. The number of aromatic nitrogens is 2. The Labute approximate surface area is 89.9 Å². The van der Waals surface area contributed by atoms with Crippen molar-refractivity contribution in [2.24, 2.45) is 5.73 Å².